The van der Waals surface area contributed by atoms with Crippen molar-refractivity contribution in [2.24, 2.45) is 7.05 Å². The van der Waals surface area contributed by atoms with Gasteiger partial charge in [0.15, 0.2) is 11.0 Å². The number of fused-ring (bicyclic) bond motifs is 1. The largest absolute Gasteiger partial charge is 0.486 e. The van der Waals surface area contributed by atoms with Crippen molar-refractivity contribution in [3.63, 3.8) is 0 Å². The van der Waals surface area contributed by atoms with Gasteiger partial charge < -0.3 is 14.6 Å². The van der Waals surface area contributed by atoms with Crippen molar-refractivity contribution in [3.05, 3.63) is 82.2 Å². The highest BCUT2D eigenvalue weighted by Crippen LogP contribution is 2.26. The lowest BCUT2D eigenvalue weighted by molar-refractivity contribution is -0.384. The van der Waals surface area contributed by atoms with Crippen molar-refractivity contribution in [3.8, 4) is 5.75 Å². The van der Waals surface area contributed by atoms with E-state index in [1.54, 1.807) is 24.5 Å². The van der Waals surface area contributed by atoms with Gasteiger partial charge in [-0.2, -0.15) is 0 Å². The Morgan fingerprint density at radius 3 is 2.68 bits per heavy atom. The first-order valence-electron chi connectivity index (χ1n) is 10.5. The fourth-order valence-electron chi connectivity index (χ4n) is 3.28. The summed E-state index contributed by atoms with van der Waals surface area (Å²) in [6, 6.07) is 18.3. The second-order valence-corrected chi connectivity index (χ2v) is 9.07. The number of nitrogens with one attached hydrogen (secondary N) is 1. The number of nitro groups is 1. The minimum atomic E-state index is -0.504. The van der Waals surface area contributed by atoms with E-state index < -0.39 is 10.2 Å². The lowest BCUT2D eigenvalue weighted by Gasteiger charge is -2.13. The molecule has 3 aromatic carbocycles. The number of carbonyl (C=O) groups is 1. The Kier molecular flexibility index (Phi) is 6.78. The third-order valence-electron chi connectivity index (χ3n) is 5.36. The van der Waals surface area contributed by atoms with Crippen molar-refractivity contribution in [2.45, 2.75) is 30.9 Å². The molecule has 4 rings (SSSR count). The van der Waals surface area contributed by atoms with Crippen molar-refractivity contribution in [2.75, 3.05) is 5.32 Å². The predicted octanol–water partition coefficient (Wildman–Crippen LogP) is 4.88. The quantitative estimate of drug-likeness (QED) is 0.219. The second-order valence-electron chi connectivity index (χ2n) is 7.76. The maximum absolute atomic E-state index is 12.7. The average molecular weight is 478 g/mol. The van der Waals surface area contributed by atoms with Crippen LogP contribution in [0.25, 0.3) is 10.8 Å². The summed E-state index contributed by atoms with van der Waals surface area (Å²) in [5, 5.41) is 24.5. The number of carbonyl (C=O) groups excluding carboxylic acids is 1. The molecule has 34 heavy (non-hydrogen) atoms. The molecule has 0 aliphatic rings. The molecule has 10 heteroatoms. The van der Waals surface area contributed by atoms with Gasteiger partial charge in [0.05, 0.1) is 15.9 Å². The van der Waals surface area contributed by atoms with Crippen molar-refractivity contribution in [1.82, 2.24) is 14.8 Å². The van der Waals surface area contributed by atoms with E-state index in [-0.39, 0.29) is 18.2 Å². The number of amides is 1. The summed E-state index contributed by atoms with van der Waals surface area (Å²) in [6.45, 7) is 3.75. The monoisotopic (exact) mass is 477 g/mol. The number of nitro benzene ring substituents is 1. The van der Waals surface area contributed by atoms with E-state index in [0.717, 1.165) is 22.1 Å². The standard InChI is InChI=1S/C24H23N5O4S/c1-15-8-10-19(29(31)32)13-21(15)25-23(30)16(2)34-24-27-26-22(28(24)3)14-33-20-11-9-17-6-4-5-7-18(17)12-20/h4-13,16H,14H2,1-3H3,(H,25,30)/t16-/m0/s1. The number of hydrogen-bond acceptors (Lipinski definition) is 7. The lowest BCUT2D eigenvalue weighted by Crippen LogP contribution is -2.23. The molecule has 1 N–H and O–H groups in total. The molecule has 0 radical (unpaired) electrons. The molecule has 0 saturated carbocycles. The zero-order chi connectivity index (χ0) is 24.2. The molecular weight excluding hydrogens is 454 g/mol. The number of benzene rings is 3. The highest BCUT2D eigenvalue weighted by molar-refractivity contribution is 8.00. The van der Waals surface area contributed by atoms with Crippen LogP contribution in [0.3, 0.4) is 0 Å². The van der Waals surface area contributed by atoms with Crippen LogP contribution in [0.15, 0.2) is 65.8 Å². The van der Waals surface area contributed by atoms with Crippen LogP contribution in [0.2, 0.25) is 0 Å². The van der Waals surface area contributed by atoms with E-state index in [1.165, 1.54) is 23.9 Å². The number of aromatic nitrogens is 3. The highest BCUT2D eigenvalue weighted by atomic mass is 32.2. The molecule has 1 atom stereocenters. The Morgan fingerprint density at radius 2 is 1.91 bits per heavy atom. The summed E-state index contributed by atoms with van der Waals surface area (Å²) in [7, 11) is 1.82. The molecule has 4 aromatic rings. The molecule has 1 heterocycles. The Labute approximate surface area is 200 Å². The SMILES string of the molecule is Cc1ccc([N+](=O)[O-])cc1NC(=O)[C@H](C)Sc1nnc(COc2ccc3ccccc3c2)n1C. The summed E-state index contributed by atoms with van der Waals surface area (Å²) in [4.78, 5) is 23.2. The minimum absolute atomic E-state index is 0.0782. The highest BCUT2D eigenvalue weighted by Gasteiger charge is 2.20. The van der Waals surface area contributed by atoms with Gasteiger partial charge >= 0.3 is 0 Å². The maximum atomic E-state index is 12.7. The van der Waals surface area contributed by atoms with Crippen molar-refractivity contribution >= 4 is 39.8 Å². The van der Waals surface area contributed by atoms with Gasteiger partial charge in [-0.1, -0.05) is 48.2 Å². The average Bonchev–Trinajstić information content (AvgIpc) is 3.17. The molecule has 0 unspecified atom stereocenters. The molecule has 1 aromatic heterocycles. The molecule has 0 spiro atoms. The first-order valence-corrected chi connectivity index (χ1v) is 11.4. The van der Waals surface area contributed by atoms with Gasteiger partial charge in [-0.3, -0.25) is 14.9 Å². The Morgan fingerprint density at radius 1 is 1.15 bits per heavy atom. The van der Waals surface area contributed by atoms with Crippen LogP contribution >= 0.6 is 11.8 Å². The van der Waals surface area contributed by atoms with Gasteiger partial charge in [-0.05, 0) is 42.3 Å². The van der Waals surface area contributed by atoms with E-state index in [1.807, 2.05) is 49.5 Å². The Balaban J connectivity index is 1.38. The van der Waals surface area contributed by atoms with Crippen LogP contribution in [0.4, 0.5) is 11.4 Å². The van der Waals surface area contributed by atoms with Gasteiger partial charge in [0, 0.05) is 19.2 Å². The van der Waals surface area contributed by atoms with Gasteiger partial charge in [-0.25, -0.2) is 0 Å². The molecular formula is C24H23N5O4S. The lowest BCUT2D eigenvalue weighted by atomic mass is 10.1. The van der Waals surface area contributed by atoms with E-state index in [4.69, 9.17) is 4.74 Å². The molecule has 0 saturated heterocycles. The number of non-ortho nitro benzene ring substituents is 1. The minimum Gasteiger partial charge on any atom is -0.486 e. The number of aryl methyl sites for hydroxylation is 1. The maximum Gasteiger partial charge on any atom is 0.271 e. The normalized spacial score (nSPS) is 11.9. The van der Waals surface area contributed by atoms with E-state index >= 15 is 0 Å². The van der Waals surface area contributed by atoms with Crippen molar-refractivity contribution in [1.29, 1.82) is 0 Å². The smallest absolute Gasteiger partial charge is 0.271 e. The number of anilines is 1. The fourth-order valence-corrected chi connectivity index (χ4v) is 4.12. The molecule has 9 nitrogen and oxygen atoms in total. The van der Waals surface area contributed by atoms with Crippen LogP contribution in [0.1, 0.15) is 18.3 Å². The number of thioether (sulfide) groups is 1. The number of nitrogens with zero attached hydrogens (tertiary/aromatic N) is 4. The summed E-state index contributed by atoms with van der Waals surface area (Å²) in [6.07, 6.45) is 0. The van der Waals surface area contributed by atoms with Gasteiger partial charge in [0.1, 0.15) is 12.4 Å². The third-order valence-corrected chi connectivity index (χ3v) is 6.49. The van der Waals surface area contributed by atoms with E-state index in [2.05, 4.69) is 15.5 Å². The van der Waals surface area contributed by atoms with Crippen molar-refractivity contribution < 1.29 is 14.5 Å². The molecule has 0 aliphatic heterocycles. The van der Waals surface area contributed by atoms with Crippen LogP contribution in [0.5, 0.6) is 5.75 Å². The molecule has 0 aliphatic carbocycles. The summed E-state index contributed by atoms with van der Waals surface area (Å²) >= 11 is 1.25. The van der Waals surface area contributed by atoms with Gasteiger partial charge in [0.25, 0.3) is 5.69 Å². The molecule has 0 bridgehead atoms. The fraction of sp³-hybridized carbons (Fsp3) is 0.208. The Hall–Kier alpha value is -3.92. The molecule has 0 fully saturated rings. The summed E-state index contributed by atoms with van der Waals surface area (Å²) < 4.78 is 7.69. The van der Waals surface area contributed by atoms with Gasteiger partial charge in [-0.15, -0.1) is 10.2 Å². The van der Waals surface area contributed by atoms with Crippen LogP contribution in [0, 0.1) is 17.0 Å². The van der Waals surface area contributed by atoms with Crippen LogP contribution < -0.4 is 10.1 Å². The van der Waals surface area contributed by atoms with Gasteiger partial charge in [0.2, 0.25) is 5.91 Å². The van der Waals surface area contributed by atoms with Crippen LogP contribution in [-0.2, 0) is 18.4 Å². The number of ether oxygens (including phenoxy) is 1. The topological polar surface area (TPSA) is 112 Å². The zero-order valence-electron chi connectivity index (χ0n) is 18.9. The zero-order valence-corrected chi connectivity index (χ0v) is 19.7. The summed E-state index contributed by atoms with van der Waals surface area (Å²) in [5.74, 6) is 1.07. The molecule has 1 amide bonds. The second kappa shape index (κ2) is 9.92. The Bertz CT molecular complexity index is 1370. The van der Waals surface area contributed by atoms with Crippen LogP contribution in [-0.4, -0.2) is 30.8 Å². The first-order chi connectivity index (χ1) is 16.3. The number of hydrogen-bond donors (Lipinski definition) is 1. The molecule has 174 valence electrons. The predicted molar refractivity (Wildman–Crippen MR) is 131 cm³/mol. The summed E-state index contributed by atoms with van der Waals surface area (Å²) in [5.41, 5.74) is 1.07. The van der Waals surface area contributed by atoms with E-state index in [9.17, 15) is 14.9 Å². The third kappa shape index (κ3) is 5.18. The number of rotatable bonds is 8. The van der Waals surface area contributed by atoms with E-state index in [0.29, 0.717) is 16.7 Å². The first kappa shape index (κ1) is 23.2.